The summed E-state index contributed by atoms with van der Waals surface area (Å²) < 4.78 is 0. The normalized spacial score (nSPS) is 11.3. The summed E-state index contributed by atoms with van der Waals surface area (Å²) in [4.78, 5) is 24.5. The number of fused-ring (bicyclic) bond motifs is 1. The Balaban J connectivity index is 2.18. The number of hydrogen-bond acceptors (Lipinski definition) is 5. The fourth-order valence-corrected chi connectivity index (χ4v) is 3.54. The Hall–Kier alpha value is -1.24. The molecule has 0 saturated heterocycles. The Morgan fingerprint density at radius 2 is 2.10 bits per heavy atom. The van der Waals surface area contributed by atoms with E-state index < -0.39 is 0 Å². The van der Waals surface area contributed by atoms with E-state index in [1.54, 1.807) is 11.3 Å². The molecule has 7 heteroatoms. The Kier molecular flexibility index (Phi) is 5.13. The lowest BCUT2D eigenvalue weighted by atomic mass is 10.2. The third-order valence-corrected chi connectivity index (χ3v) is 4.60. The number of carbonyl (C=O) groups excluding carboxylic acids is 1. The highest BCUT2D eigenvalue weighted by atomic mass is 35.5. The highest BCUT2D eigenvalue weighted by molar-refractivity contribution is 7.18. The second kappa shape index (κ2) is 6.68. The average Bonchev–Trinajstić information content (AvgIpc) is 2.64. The van der Waals surface area contributed by atoms with Crippen molar-refractivity contribution in [1.29, 1.82) is 0 Å². The van der Waals surface area contributed by atoms with Gasteiger partial charge in [0.2, 0.25) is 5.91 Å². The molecule has 5 nitrogen and oxygen atoms in total. The quantitative estimate of drug-likeness (QED) is 0.858. The lowest BCUT2D eigenvalue weighted by Gasteiger charge is -2.15. The average molecular weight is 327 g/mol. The molecule has 0 unspecified atom stereocenters. The van der Waals surface area contributed by atoms with Gasteiger partial charge < -0.3 is 5.32 Å². The van der Waals surface area contributed by atoms with Crippen LogP contribution in [0.25, 0.3) is 10.2 Å². The van der Waals surface area contributed by atoms with Crippen LogP contribution in [0.3, 0.4) is 0 Å². The number of halogens is 1. The third-order valence-electron chi connectivity index (χ3n) is 3.23. The first-order chi connectivity index (χ1) is 9.92. The van der Waals surface area contributed by atoms with E-state index in [-0.39, 0.29) is 5.91 Å². The molecule has 0 radical (unpaired) electrons. The predicted octanol–water partition coefficient (Wildman–Crippen LogP) is 2.53. The molecular weight excluding hydrogens is 308 g/mol. The Labute approximate surface area is 133 Å². The summed E-state index contributed by atoms with van der Waals surface area (Å²) >= 11 is 7.90. The maximum Gasteiger partial charge on any atom is 0.234 e. The molecule has 0 bridgehead atoms. The van der Waals surface area contributed by atoms with E-state index in [0.717, 1.165) is 15.8 Å². The van der Waals surface area contributed by atoms with Crippen LogP contribution in [0.1, 0.15) is 23.2 Å². The van der Waals surface area contributed by atoms with Crippen molar-refractivity contribution >= 4 is 39.1 Å². The molecule has 114 valence electrons. The summed E-state index contributed by atoms with van der Waals surface area (Å²) in [6.45, 7) is 7.42. The number of carbonyl (C=O) groups is 1. The molecule has 21 heavy (non-hydrogen) atoms. The fourth-order valence-electron chi connectivity index (χ4n) is 2.11. The number of nitrogens with zero attached hydrogens (tertiary/aromatic N) is 3. The molecule has 0 aliphatic heterocycles. The van der Waals surface area contributed by atoms with Gasteiger partial charge in [-0.3, -0.25) is 9.69 Å². The minimum absolute atomic E-state index is 0.00464. The molecule has 0 aromatic carbocycles. The van der Waals surface area contributed by atoms with Crippen molar-refractivity contribution < 1.29 is 4.79 Å². The van der Waals surface area contributed by atoms with E-state index in [4.69, 9.17) is 11.6 Å². The molecule has 2 aromatic heterocycles. The summed E-state index contributed by atoms with van der Waals surface area (Å²) in [5.74, 6) is 0.635. The number of nitrogens with one attached hydrogen (secondary N) is 1. The molecule has 0 aliphatic rings. The second-order valence-corrected chi connectivity index (χ2v) is 6.58. The second-order valence-electron chi connectivity index (χ2n) is 5.02. The zero-order chi connectivity index (χ0) is 15.6. The first-order valence-electron chi connectivity index (χ1n) is 6.79. The molecule has 2 heterocycles. The van der Waals surface area contributed by atoms with Gasteiger partial charge in [-0.15, -0.1) is 11.3 Å². The van der Waals surface area contributed by atoms with Crippen LogP contribution in [0, 0.1) is 13.8 Å². The van der Waals surface area contributed by atoms with Crippen LogP contribution in [0.15, 0.2) is 0 Å². The van der Waals surface area contributed by atoms with Crippen molar-refractivity contribution in [2.75, 3.05) is 20.1 Å². The molecule has 1 N–H and O–H groups in total. The Bertz CT molecular complexity index is 671. The summed E-state index contributed by atoms with van der Waals surface area (Å²) in [6.07, 6.45) is 0. The number of likely N-dealkylation sites (N-methyl/N-ethyl adjacent to an activating group) is 2. The minimum Gasteiger partial charge on any atom is -0.355 e. The van der Waals surface area contributed by atoms with Crippen LogP contribution in [-0.2, 0) is 11.3 Å². The van der Waals surface area contributed by atoms with Crippen LogP contribution < -0.4 is 5.32 Å². The number of aryl methyl sites for hydroxylation is 2. The van der Waals surface area contributed by atoms with Gasteiger partial charge in [-0.1, -0.05) is 11.6 Å². The third kappa shape index (κ3) is 3.70. The van der Waals surface area contributed by atoms with E-state index >= 15 is 0 Å². The number of thiophene rings is 1. The van der Waals surface area contributed by atoms with Gasteiger partial charge in [0.15, 0.2) is 0 Å². The largest absolute Gasteiger partial charge is 0.355 e. The number of aromatic nitrogens is 2. The minimum atomic E-state index is -0.00464. The topological polar surface area (TPSA) is 58.1 Å². The number of rotatable bonds is 5. The van der Waals surface area contributed by atoms with Gasteiger partial charge in [0.05, 0.1) is 18.5 Å². The molecule has 2 rings (SSSR count). The molecule has 0 fully saturated rings. The molecular formula is C14H19ClN4OS. The van der Waals surface area contributed by atoms with Gasteiger partial charge >= 0.3 is 0 Å². The number of amides is 1. The molecule has 0 atom stereocenters. The van der Waals surface area contributed by atoms with Gasteiger partial charge in [0.25, 0.3) is 0 Å². The van der Waals surface area contributed by atoms with E-state index in [9.17, 15) is 4.79 Å². The van der Waals surface area contributed by atoms with Gasteiger partial charge in [0, 0.05) is 11.4 Å². The Morgan fingerprint density at radius 3 is 2.76 bits per heavy atom. The number of hydrogen-bond donors (Lipinski definition) is 1. The van der Waals surface area contributed by atoms with Crippen LogP contribution in [0.5, 0.6) is 0 Å². The van der Waals surface area contributed by atoms with Crippen molar-refractivity contribution in [1.82, 2.24) is 20.2 Å². The van der Waals surface area contributed by atoms with Crippen LogP contribution in [0.4, 0.5) is 0 Å². The van der Waals surface area contributed by atoms with Crippen molar-refractivity contribution in [3.05, 3.63) is 21.4 Å². The predicted molar refractivity (Wildman–Crippen MR) is 86.9 cm³/mol. The van der Waals surface area contributed by atoms with Gasteiger partial charge in [-0.25, -0.2) is 9.97 Å². The standard InChI is InChI=1S/C14H19ClN4OS/c1-5-16-11(20)7-19(4)6-10-17-13(15)12-8(2)9(3)21-14(12)18-10/h5-7H2,1-4H3,(H,16,20). The molecule has 0 aliphatic carbocycles. The first-order valence-corrected chi connectivity index (χ1v) is 7.99. The Morgan fingerprint density at radius 1 is 1.38 bits per heavy atom. The summed E-state index contributed by atoms with van der Waals surface area (Å²) in [5.41, 5.74) is 1.14. The van der Waals surface area contributed by atoms with Gasteiger partial charge in [-0.05, 0) is 33.4 Å². The maximum absolute atomic E-state index is 11.6. The smallest absolute Gasteiger partial charge is 0.234 e. The van der Waals surface area contributed by atoms with Crippen molar-refractivity contribution in [3.8, 4) is 0 Å². The summed E-state index contributed by atoms with van der Waals surface area (Å²) in [7, 11) is 1.86. The van der Waals surface area contributed by atoms with E-state index in [2.05, 4.69) is 22.2 Å². The van der Waals surface area contributed by atoms with E-state index in [0.29, 0.717) is 30.6 Å². The lowest BCUT2D eigenvalue weighted by Crippen LogP contribution is -2.34. The van der Waals surface area contributed by atoms with Crippen LogP contribution in [-0.4, -0.2) is 40.9 Å². The zero-order valence-electron chi connectivity index (χ0n) is 12.7. The van der Waals surface area contributed by atoms with Crippen molar-refractivity contribution in [2.24, 2.45) is 0 Å². The van der Waals surface area contributed by atoms with E-state index in [1.165, 1.54) is 4.88 Å². The molecule has 1 amide bonds. The van der Waals surface area contributed by atoms with Crippen molar-refractivity contribution in [2.45, 2.75) is 27.3 Å². The highest BCUT2D eigenvalue weighted by Gasteiger charge is 2.14. The van der Waals surface area contributed by atoms with Crippen molar-refractivity contribution in [3.63, 3.8) is 0 Å². The SMILES string of the molecule is CCNC(=O)CN(C)Cc1nc(Cl)c2c(C)c(C)sc2n1. The molecule has 2 aromatic rings. The van der Waals surface area contributed by atoms with Gasteiger partial charge in [-0.2, -0.15) is 0 Å². The molecule has 0 spiro atoms. The summed E-state index contributed by atoms with van der Waals surface area (Å²) in [6, 6.07) is 0. The monoisotopic (exact) mass is 326 g/mol. The lowest BCUT2D eigenvalue weighted by molar-refractivity contribution is -0.121. The van der Waals surface area contributed by atoms with Crippen LogP contribution >= 0.6 is 22.9 Å². The fraction of sp³-hybridized carbons (Fsp3) is 0.500. The first kappa shape index (κ1) is 16.1. The van der Waals surface area contributed by atoms with E-state index in [1.807, 2.05) is 25.8 Å². The maximum atomic E-state index is 11.6. The summed E-state index contributed by atoms with van der Waals surface area (Å²) in [5, 5.41) is 4.20. The highest BCUT2D eigenvalue weighted by Crippen LogP contribution is 2.32. The molecule has 0 saturated carbocycles. The van der Waals surface area contributed by atoms with Crippen LogP contribution in [0.2, 0.25) is 5.15 Å². The van der Waals surface area contributed by atoms with Gasteiger partial charge in [0.1, 0.15) is 15.8 Å². The zero-order valence-corrected chi connectivity index (χ0v) is 14.2.